The van der Waals surface area contributed by atoms with Crippen LogP contribution in [0.15, 0.2) is 54.6 Å². The summed E-state index contributed by atoms with van der Waals surface area (Å²) < 4.78 is 0. The maximum Gasteiger partial charge on any atom is 0.253 e. The second-order valence-corrected chi connectivity index (χ2v) is 8.98. The molecular formula is C26H31N3O3. The molecule has 2 unspecified atom stereocenters. The number of carbonyl (C=O) groups is 3. The fourth-order valence-electron chi connectivity index (χ4n) is 4.70. The minimum atomic E-state index is -0.319. The highest BCUT2D eigenvalue weighted by atomic mass is 16.2. The summed E-state index contributed by atoms with van der Waals surface area (Å²) in [5.74, 6) is -0.296. The van der Waals surface area contributed by atoms with Gasteiger partial charge in [0.25, 0.3) is 5.91 Å². The molecule has 2 aliphatic rings. The van der Waals surface area contributed by atoms with E-state index in [9.17, 15) is 14.4 Å². The second-order valence-electron chi connectivity index (χ2n) is 8.98. The molecule has 1 N–H and O–H groups in total. The van der Waals surface area contributed by atoms with Crippen molar-refractivity contribution < 1.29 is 14.4 Å². The summed E-state index contributed by atoms with van der Waals surface area (Å²) in [6, 6.07) is 17.6. The number of benzene rings is 2. The normalized spacial score (nSPS) is 20.3. The standard InChI is InChI=1S/C26H31N3O3/c1-18-7-6-10-21(15-18)26(32)28-13-11-23(12-14-28)27-25(31)22-16-24(30)29(17-22)19(2)20-8-4-3-5-9-20/h3-10,15,19,22-23H,11-14,16-17H2,1-2H3,(H,27,31). The van der Waals surface area contributed by atoms with E-state index in [2.05, 4.69) is 5.32 Å². The highest BCUT2D eigenvalue weighted by Crippen LogP contribution is 2.28. The summed E-state index contributed by atoms with van der Waals surface area (Å²) in [7, 11) is 0. The molecule has 0 radical (unpaired) electrons. The van der Waals surface area contributed by atoms with Gasteiger partial charge in [0.1, 0.15) is 0 Å². The summed E-state index contributed by atoms with van der Waals surface area (Å²) in [6.07, 6.45) is 1.72. The number of nitrogens with zero attached hydrogens (tertiary/aromatic N) is 2. The molecule has 0 bridgehead atoms. The van der Waals surface area contributed by atoms with E-state index in [1.165, 1.54) is 0 Å². The molecular weight excluding hydrogens is 402 g/mol. The van der Waals surface area contributed by atoms with Crippen LogP contribution < -0.4 is 5.32 Å². The van der Waals surface area contributed by atoms with E-state index in [1.54, 1.807) is 0 Å². The van der Waals surface area contributed by atoms with Gasteiger partial charge in [-0.2, -0.15) is 0 Å². The second kappa shape index (κ2) is 9.55. The first-order valence-electron chi connectivity index (χ1n) is 11.4. The van der Waals surface area contributed by atoms with Gasteiger partial charge in [-0.1, -0.05) is 48.0 Å². The van der Waals surface area contributed by atoms with E-state index in [1.807, 2.05) is 78.2 Å². The Morgan fingerprint density at radius 3 is 2.44 bits per heavy atom. The number of nitrogens with one attached hydrogen (secondary N) is 1. The van der Waals surface area contributed by atoms with Gasteiger partial charge in [0.2, 0.25) is 11.8 Å². The van der Waals surface area contributed by atoms with E-state index in [0.717, 1.165) is 24.0 Å². The number of hydrogen-bond acceptors (Lipinski definition) is 3. The summed E-state index contributed by atoms with van der Waals surface area (Å²) in [5, 5.41) is 3.13. The fourth-order valence-corrected chi connectivity index (χ4v) is 4.70. The summed E-state index contributed by atoms with van der Waals surface area (Å²) in [4.78, 5) is 41.8. The monoisotopic (exact) mass is 433 g/mol. The zero-order chi connectivity index (χ0) is 22.7. The largest absolute Gasteiger partial charge is 0.353 e. The van der Waals surface area contributed by atoms with Gasteiger partial charge < -0.3 is 15.1 Å². The van der Waals surface area contributed by atoms with Crippen molar-refractivity contribution in [3.8, 4) is 0 Å². The first kappa shape index (κ1) is 22.1. The van der Waals surface area contributed by atoms with Gasteiger partial charge in [-0.15, -0.1) is 0 Å². The van der Waals surface area contributed by atoms with Crippen LogP contribution in [0.25, 0.3) is 0 Å². The molecule has 4 rings (SSSR count). The molecule has 2 fully saturated rings. The predicted molar refractivity (Wildman–Crippen MR) is 123 cm³/mol. The first-order chi connectivity index (χ1) is 15.4. The third-order valence-electron chi connectivity index (χ3n) is 6.67. The number of aryl methyl sites for hydroxylation is 1. The maximum absolute atomic E-state index is 12.9. The molecule has 6 nitrogen and oxygen atoms in total. The summed E-state index contributed by atoms with van der Waals surface area (Å²) >= 11 is 0. The van der Waals surface area contributed by atoms with Gasteiger partial charge in [-0.3, -0.25) is 14.4 Å². The van der Waals surface area contributed by atoms with Crippen LogP contribution in [-0.4, -0.2) is 53.2 Å². The average molecular weight is 434 g/mol. The Hall–Kier alpha value is -3.15. The first-order valence-corrected chi connectivity index (χ1v) is 11.4. The van der Waals surface area contributed by atoms with Crippen molar-refractivity contribution in [1.82, 2.24) is 15.1 Å². The number of amides is 3. The molecule has 2 aliphatic heterocycles. The number of rotatable bonds is 5. The van der Waals surface area contributed by atoms with Crippen molar-refractivity contribution in [2.24, 2.45) is 5.92 Å². The third-order valence-corrected chi connectivity index (χ3v) is 6.67. The van der Waals surface area contributed by atoms with Crippen LogP contribution in [-0.2, 0) is 9.59 Å². The van der Waals surface area contributed by atoms with Crippen LogP contribution in [0.2, 0.25) is 0 Å². The molecule has 0 spiro atoms. The Morgan fingerprint density at radius 1 is 1.03 bits per heavy atom. The van der Waals surface area contributed by atoms with Crippen LogP contribution in [0.5, 0.6) is 0 Å². The Bertz CT molecular complexity index is 983. The van der Waals surface area contributed by atoms with Crippen molar-refractivity contribution >= 4 is 17.7 Å². The van der Waals surface area contributed by atoms with Crippen LogP contribution in [0, 0.1) is 12.8 Å². The lowest BCUT2D eigenvalue weighted by molar-refractivity contribution is -0.130. The molecule has 2 saturated heterocycles. The number of likely N-dealkylation sites (tertiary alicyclic amines) is 2. The zero-order valence-corrected chi connectivity index (χ0v) is 18.8. The van der Waals surface area contributed by atoms with Crippen LogP contribution in [0.3, 0.4) is 0 Å². The minimum Gasteiger partial charge on any atom is -0.353 e. The topological polar surface area (TPSA) is 69.7 Å². The van der Waals surface area contributed by atoms with E-state index in [0.29, 0.717) is 25.2 Å². The fraction of sp³-hybridized carbons (Fsp3) is 0.423. The summed E-state index contributed by atoms with van der Waals surface area (Å²) in [5.41, 5.74) is 2.86. The Kier molecular flexibility index (Phi) is 6.58. The van der Waals surface area contributed by atoms with Gasteiger partial charge in [-0.25, -0.2) is 0 Å². The molecule has 2 aromatic rings. The molecule has 0 saturated carbocycles. The Morgan fingerprint density at radius 2 is 1.75 bits per heavy atom. The zero-order valence-electron chi connectivity index (χ0n) is 18.8. The highest BCUT2D eigenvalue weighted by Gasteiger charge is 2.38. The molecule has 2 heterocycles. The Labute approximate surface area is 189 Å². The molecule has 168 valence electrons. The van der Waals surface area contributed by atoms with Crippen molar-refractivity contribution in [2.75, 3.05) is 19.6 Å². The van der Waals surface area contributed by atoms with E-state index < -0.39 is 0 Å². The number of carbonyl (C=O) groups excluding carboxylic acids is 3. The lowest BCUT2D eigenvalue weighted by atomic mass is 10.0. The van der Waals surface area contributed by atoms with Gasteiger partial charge in [0.15, 0.2) is 0 Å². The highest BCUT2D eigenvalue weighted by molar-refractivity contribution is 5.94. The Balaban J connectivity index is 1.28. The molecule has 0 aliphatic carbocycles. The van der Waals surface area contributed by atoms with E-state index in [-0.39, 0.29) is 42.1 Å². The molecule has 2 atom stereocenters. The smallest absolute Gasteiger partial charge is 0.253 e. The van der Waals surface area contributed by atoms with Crippen molar-refractivity contribution in [3.05, 3.63) is 71.3 Å². The van der Waals surface area contributed by atoms with Crippen molar-refractivity contribution in [2.45, 2.75) is 45.2 Å². The minimum absolute atomic E-state index is 0.0278. The van der Waals surface area contributed by atoms with Crippen LogP contribution >= 0.6 is 0 Å². The van der Waals surface area contributed by atoms with Gasteiger partial charge >= 0.3 is 0 Å². The molecule has 0 aromatic heterocycles. The molecule has 6 heteroatoms. The van der Waals surface area contributed by atoms with Gasteiger partial charge in [-0.05, 0) is 44.4 Å². The average Bonchev–Trinajstić information content (AvgIpc) is 3.21. The SMILES string of the molecule is Cc1cccc(C(=O)N2CCC(NC(=O)C3CC(=O)N(C(C)c4ccccc4)C3)CC2)c1. The van der Waals surface area contributed by atoms with Crippen LogP contribution in [0.1, 0.15) is 53.7 Å². The van der Waals surface area contributed by atoms with Gasteiger partial charge in [0.05, 0.1) is 12.0 Å². The number of piperidine rings is 1. The predicted octanol–water partition coefficient (Wildman–Crippen LogP) is 3.33. The lowest BCUT2D eigenvalue weighted by Gasteiger charge is -2.33. The van der Waals surface area contributed by atoms with E-state index >= 15 is 0 Å². The van der Waals surface area contributed by atoms with E-state index in [4.69, 9.17) is 0 Å². The summed E-state index contributed by atoms with van der Waals surface area (Å²) in [6.45, 7) is 5.69. The number of hydrogen-bond donors (Lipinski definition) is 1. The third kappa shape index (κ3) is 4.85. The quantitative estimate of drug-likeness (QED) is 0.786. The molecule has 32 heavy (non-hydrogen) atoms. The molecule has 3 amide bonds. The lowest BCUT2D eigenvalue weighted by Crippen LogP contribution is -2.48. The van der Waals surface area contributed by atoms with Crippen molar-refractivity contribution in [1.29, 1.82) is 0 Å². The maximum atomic E-state index is 12.9. The van der Waals surface area contributed by atoms with Crippen molar-refractivity contribution in [3.63, 3.8) is 0 Å². The van der Waals surface area contributed by atoms with Gasteiger partial charge in [0, 0.05) is 37.7 Å². The van der Waals surface area contributed by atoms with Crippen LogP contribution in [0.4, 0.5) is 0 Å². The molecule has 2 aromatic carbocycles.